The molecule has 0 saturated carbocycles. The van der Waals surface area contributed by atoms with E-state index in [4.69, 9.17) is 0 Å². The van der Waals surface area contributed by atoms with Crippen LogP contribution in [-0.4, -0.2) is 26.4 Å². The Morgan fingerprint density at radius 3 is 1.50 bits per heavy atom. The van der Waals surface area contributed by atoms with E-state index in [1.165, 1.54) is 54.9 Å². The fourth-order valence-corrected chi connectivity index (χ4v) is 2.54. The number of benzene rings is 2. The van der Waals surface area contributed by atoms with Crippen LogP contribution in [0.15, 0.2) is 67.0 Å². The Kier molecular flexibility index (Phi) is 4.99. The molecular formula is C19H11N3O6. The van der Waals surface area contributed by atoms with E-state index in [0.717, 1.165) is 12.1 Å². The van der Waals surface area contributed by atoms with Gasteiger partial charge in [-0.15, -0.1) is 0 Å². The van der Waals surface area contributed by atoms with Gasteiger partial charge in [0.1, 0.15) is 0 Å². The first-order chi connectivity index (χ1) is 13.4. The summed E-state index contributed by atoms with van der Waals surface area (Å²) in [4.78, 5) is 49.6. The molecule has 0 spiro atoms. The number of rotatable bonds is 6. The molecule has 28 heavy (non-hydrogen) atoms. The van der Waals surface area contributed by atoms with Crippen molar-refractivity contribution in [2.75, 3.05) is 0 Å². The smallest absolute Gasteiger partial charge is 0.270 e. The van der Waals surface area contributed by atoms with Gasteiger partial charge < -0.3 is 0 Å². The number of aromatic nitrogens is 1. The molecule has 138 valence electrons. The number of pyridine rings is 1. The zero-order valence-electron chi connectivity index (χ0n) is 14.1. The maximum Gasteiger partial charge on any atom is 0.270 e. The highest BCUT2D eigenvalue weighted by atomic mass is 16.6. The molecular weight excluding hydrogens is 366 g/mol. The van der Waals surface area contributed by atoms with Crippen LogP contribution in [0, 0.1) is 20.2 Å². The Morgan fingerprint density at radius 1 is 0.679 bits per heavy atom. The molecule has 0 fully saturated rings. The van der Waals surface area contributed by atoms with E-state index in [9.17, 15) is 29.8 Å². The molecule has 3 rings (SSSR count). The van der Waals surface area contributed by atoms with Crippen LogP contribution < -0.4 is 0 Å². The third-order valence-corrected chi connectivity index (χ3v) is 3.90. The van der Waals surface area contributed by atoms with Gasteiger partial charge in [0.2, 0.25) is 0 Å². The van der Waals surface area contributed by atoms with E-state index in [1.807, 2.05) is 0 Å². The molecule has 0 aliphatic heterocycles. The molecule has 0 saturated heterocycles. The van der Waals surface area contributed by atoms with Crippen molar-refractivity contribution in [2.24, 2.45) is 0 Å². The SMILES string of the molecule is O=C(c1cncc(C(=O)c2cccc([N+](=O)[O-])c2)c1)c1cccc([N+](=O)[O-])c1. The van der Waals surface area contributed by atoms with E-state index in [-0.39, 0.29) is 33.6 Å². The van der Waals surface area contributed by atoms with Gasteiger partial charge in [-0.3, -0.25) is 34.8 Å². The van der Waals surface area contributed by atoms with Crippen LogP contribution in [0.3, 0.4) is 0 Å². The zero-order chi connectivity index (χ0) is 20.3. The number of carbonyl (C=O) groups is 2. The van der Waals surface area contributed by atoms with Crippen molar-refractivity contribution >= 4 is 22.9 Å². The summed E-state index contributed by atoms with van der Waals surface area (Å²) in [5.74, 6) is -1.07. The predicted molar refractivity (Wildman–Crippen MR) is 97.3 cm³/mol. The summed E-state index contributed by atoms with van der Waals surface area (Å²) >= 11 is 0. The zero-order valence-corrected chi connectivity index (χ0v) is 14.1. The van der Waals surface area contributed by atoms with Gasteiger partial charge in [0.05, 0.1) is 9.85 Å². The molecule has 2 aromatic carbocycles. The molecule has 3 aromatic rings. The standard InChI is InChI=1S/C19H11N3O6/c23-18(12-3-1-5-16(8-12)21(25)26)14-7-15(11-20-10-14)19(24)13-4-2-6-17(9-13)22(27)28/h1-11H. The second kappa shape index (κ2) is 7.54. The van der Waals surface area contributed by atoms with Crippen LogP contribution in [0.4, 0.5) is 11.4 Å². The first-order valence-corrected chi connectivity index (χ1v) is 7.90. The van der Waals surface area contributed by atoms with E-state index in [0.29, 0.717) is 0 Å². The Bertz CT molecular complexity index is 1040. The molecule has 0 N–H and O–H groups in total. The van der Waals surface area contributed by atoms with E-state index >= 15 is 0 Å². The summed E-state index contributed by atoms with van der Waals surface area (Å²) < 4.78 is 0. The Labute approximate surface area is 157 Å². The summed E-state index contributed by atoms with van der Waals surface area (Å²) in [6.45, 7) is 0. The second-order valence-electron chi connectivity index (χ2n) is 5.74. The van der Waals surface area contributed by atoms with Crippen molar-refractivity contribution < 1.29 is 19.4 Å². The molecule has 0 atom stereocenters. The second-order valence-corrected chi connectivity index (χ2v) is 5.74. The topological polar surface area (TPSA) is 133 Å². The highest BCUT2D eigenvalue weighted by Crippen LogP contribution is 2.19. The van der Waals surface area contributed by atoms with Gasteiger partial charge in [-0.2, -0.15) is 0 Å². The maximum atomic E-state index is 12.6. The quantitative estimate of drug-likeness (QED) is 0.365. The number of carbonyl (C=O) groups excluding carboxylic acids is 2. The molecule has 9 nitrogen and oxygen atoms in total. The van der Waals surface area contributed by atoms with Crippen LogP contribution in [0.5, 0.6) is 0 Å². The number of nitro groups is 2. The Morgan fingerprint density at radius 2 is 1.11 bits per heavy atom. The van der Waals surface area contributed by atoms with Crippen molar-refractivity contribution in [1.29, 1.82) is 0 Å². The Hall–Kier alpha value is -4.27. The minimum Gasteiger partial charge on any atom is -0.289 e. The van der Waals surface area contributed by atoms with Gasteiger partial charge in [-0.05, 0) is 6.07 Å². The molecule has 0 radical (unpaired) electrons. The van der Waals surface area contributed by atoms with Crippen molar-refractivity contribution in [3.63, 3.8) is 0 Å². The number of ketones is 2. The highest BCUT2D eigenvalue weighted by Gasteiger charge is 2.18. The van der Waals surface area contributed by atoms with Gasteiger partial charge in [0, 0.05) is 58.9 Å². The van der Waals surface area contributed by atoms with Crippen LogP contribution in [0.1, 0.15) is 31.8 Å². The number of nitrogens with zero attached hydrogens (tertiary/aromatic N) is 3. The minimum absolute atomic E-state index is 0.0665. The lowest BCUT2D eigenvalue weighted by Crippen LogP contribution is -2.07. The molecule has 0 aliphatic rings. The molecule has 0 bridgehead atoms. The van der Waals surface area contributed by atoms with Crippen LogP contribution in [0.25, 0.3) is 0 Å². The third kappa shape index (κ3) is 3.78. The van der Waals surface area contributed by atoms with Crippen LogP contribution >= 0.6 is 0 Å². The monoisotopic (exact) mass is 377 g/mol. The van der Waals surface area contributed by atoms with Crippen molar-refractivity contribution in [2.45, 2.75) is 0 Å². The highest BCUT2D eigenvalue weighted by molar-refractivity contribution is 6.13. The number of hydrogen-bond acceptors (Lipinski definition) is 7. The van der Waals surface area contributed by atoms with Crippen molar-refractivity contribution in [1.82, 2.24) is 4.98 Å². The molecule has 9 heteroatoms. The van der Waals surface area contributed by atoms with Crippen molar-refractivity contribution in [3.05, 3.63) is 109 Å². The molecule has 0 unspecified atom stereocenters. The number of hydrogen-bond donors (Lipinski definition) is 0. The summed E-state index contributed by atoms with van der Waals surface area (Å²) in [5.41, 5.74) is -0.175. The van der Waals surface area contributed by atoms with Gasteiger partial charge in [0.25, 0.3) is 11.4 Å². The van der Waals surface area contributed by atoms with E-state index < -0.39 is 21.4 Å². The summed E-state index contributed by atoms with van der Waals surface area (Å²) in [7, 11) is 0. The summed E-state index contributed by atoms with van der Waals surface area (Å²) in [6, 6.07) is 11.7. The van der Waals surface area contributed by atoms with E-state index in [2.05, 4.69) is 4.98 Å². The first kappa shape index (κ1) is 18.5. The lowest BCUT2D eigenvalue weighted by molar-refractivity contribution is -0.385. The fraction of sp³-hybridized carbons (Fsp3) is 0. The maximum absolute atomic E-state index is 12.6. The minimum atomic E-state index is -0.614. The van der Waals surface area contributed by atoms with Gasteiger partial charge in [-0.1, -0.05) is 24.3 Å². The third-order valence-electron chi connectivity index (χ3n) is 3.90. The number of nitro benzene ring substituents is 2. The van der Waals surface area contributed by atoms with Gasteiger partial charge >= 0.3 is 0 Å². The van der Waals surface area contributed by atoms with E-state index in [1.54, 1.807) is 0 Å². The van der Waals surface area contributed by atoms with Gasteiger partial charge in [0.15, 0.2) is 11.6 Å². The molecule has 0 aliphatic carbocycles. The summed E-state index contributed by atoms with van der Waals surface area (Å²) in [5, 5.41) is 21.8. The van der Waals surface area contributed by atoms with Crippen LogP contribution in [0.2, 0.25) is 0 Å². The largest absolute Gasteiger partial charge is 0.289 e. The lowest BCUT2D eigenvalue weighted by atomic mass is 9.99. The predicted octanol–water partition coefficient (Wildman–Crippen LogP) is 3.36. The normalized spacial score (nSPS) is 10.3. The fourth-order valence-electron chi connectivity index (χ4n) is 2.54. The van der Waals surface area contributed by atoms with Gasteiger partial charge in [-0.25, -0.2) is 0 Å². The average Bonchev–Trinajstić information content (AvgIpc) is 2.73. The number of non-ortho nitro benzene ring substituents is 2. The Balaban J connectivity index is 1.94. The first-order valence-electron chi connectivity index (χ1n) is 7.90. The average molecular weight is 377 g/mol. The molecule has 1 aromatic heterocycles. The summed E-state index contributed by atoms with van der Waals surface area (Å²) in [6.07, 6.45) is 2.48. The molecule has 0 amide bonds. The van der Waals surface area contributed by atoms with Crippen molar-refractivity contribution in [3.8, 4) is 0 Å². The van der Waals surface area contributed by atoms with Crippen LogP contribution in [-0.2, 0) is 0 Å². The lowest BCUT2D eigenvalue weighted by Gasteiger charge is -2.05. The molecule has 1 heterocycles.